The van der Waals surface area contributed by atoms with Crippen LogP contribution in [0.25, 0.3) is 33.6 Å². The number of hydrogen-bond donors (Lipinski definition) is 2. The van der Waals surface area contributed by atoms with Crippen LogP contribution < -0.4 is 4.74 Å². The largest absolute Gasteiger partial charge is 0.494 e. The van der Waals surface area contributed by atoms with E-state index < -0.39 is 0 Å². The Bertz CT molecular complexity index is 1160. The van der Waals surface area contributed by atoms with Crippen LogP contribution in [0.15, 0.2) is 48.5 Å². The minimum Gasteiger partial charge on any atom is -0.494 e. The van der Waals surface area contributed by atoms with Crippen LogP contribution in [0.5, 0.6) is 5.75 Å². The van der Waals surface area contributed by atoms with Gasteiger partial charge in [-0.05, 0) is 46.5 Å². The van der Waals surface area contributed by atoms with Gasteiger partial charge in [-0.15, -0.1) is 5.10 Å². The standard InChI is InChI=1S/C23H23N5O2/c1-4-20-19(13-29)21(22(30-3)14(2)24-20)16-10-11-17(15-8-6-5-7-9-15)18(12-16)23-25-27-28-26-23/h5-12,29H,4,13H2,1-3H3,(H,25,26,27,28). The number of aliphatic hydroxyl groups excluding tert-OH is 1. The molecule has 0 aliphatic rings. The van der Waals surface area contributed by atoms with Gasteiger partial charge in [0.2, 0.25) is 0 Å². The molecular formula is C23H23N5O2. The van der Waals surface area contributed by atoms with E-state index in [2.05, 4.69) is 25.6 Å². The van der Waals surface area contributed by atoms with Gasteiger partial charge < -0.3 is 9.84 Å². The summed E-state index contributed by atoms with van der Waals surface area (Å²) in [5.74, 6) is 1.23. The molecule has 0 saturated carbocycles. The average Bonchev–Trinajstić information content (AvgIpc) is 3.33. The molecule has 4 rings (SSSR count). The van der Waals surface area contributed by atoms with Gasteiger partial charge in [-0.25, -0.2) is 5.10 Å². The molecule has 0 radical (unpaired) electrons. The van der Waals surface area contributed by atoms with Crippen LogP contribution in [-0.2, 0) is 13.0 Å². The van der Waals surface area contributed by atoms with Gasteiger partial charge >= 0.3 is 0 Å². The van der Waals surface area contributed by atoms with Gasteiger partial charge in [-0.2, -0.15) is 0 Å². The molecule has 2 heterocycles. The zero-order chi connectivity index (χ0) is 21.1. The summed E-state index contributed by atoms with van der Waals surface area (Å²) in [5, 5.41) is 24.7. The van der Waals surface area contributed by atoms with E-state index in [9.17, 15) is 5.11 Å². The second-order valence-electron chi connectivity index (χ2n) is 6.92. The Morgan fingerprint density at radius 3 is 2.47 bits per heavy atom. The molecule has 0 amide bonds. The number of rotatable bonds is 6. The summed E-state index contributed by atoms with van der Waals surface area (Å²) in [6.45, 7) is 3.82. The van der Waals surface area contributed by atoms with E-state index >= 15 is 0 Å². The maximum absolute atomic E-state index is 10.2. The van der Waals surface area contributed by atoms with E-state index in [0.29, 0.717) is 18.0 Å². The normalized spacial score (nSPS) is 10.9. The SMILES string of the molecule is CCc1nc(C)c(OC)c(-c2ccc(-c3ccccc3)c(-c3nnn[nH]3)c2)c1CO. The number of ether oxygens (including phenoxy) is 1. The Morgan fingerprint density at radius 2 is 1.83 bits per heavy atom. The van der Waals surface area contributed by atoms with Crippen LogP contribution in [0.1, 0.15) is 23.9 Å². The number of tetrazole rings is 1. The molecule has 0 unspecified atom stereocenters. The number of nitrogens with one attached hydrogen (secondary N) is 1. The monoisotopic (exact) mass is 401 g/mol. The molecule has 0 spiro atoms. The fraction of sp³-hybridized carbons (Fsp3) is 0.217. The molecule has 0 saturated heterocycles. The zero-order valence-corrected chi connectivity index (χ0v) is 17.2. The van der Waals surface area contributed by atoms with Crippen molar-refractivity contribution in [2.75, 3.05) is 7.11 Å². The second kappa shape index (κ2) is 8.42. The van der Waals surface area contributed by atoms with Crippen molar-refractivity contribution in [3.05, 3.63) is 65.5 Å². The molecule has 0 atom stereocenters. The van der Waals surface area contributed by atoms with Gasteiger partial charge in [0.15, 0.2) is 5.82 Å². The van der Waals surface area contributed by atoms with Crippen molar-refractivity contribution < 1.29 is 9.84 Å². The fourth-order valence-corrected chi connectivity index (χ4v) is 3.84. The molecule has 2 aromatic carbocycles. The highest BCUT2D eigenvalue weighted by Gasteiger charge is 2.21. The first-order chi connectivity index (χ1) is 14.7. The lowest BCUT2D eigenvalue weighted by atomic mass is 9.91. The molecular weight excluding hydrogens is 378 g/mol. The van der Waals surface area contributed by atoms with E-state index in [4.69, 9.17) is 4.74 Å². The summed E-state index contributed by atoms with van der Waals surface area (Å²) in [7, 11) is 1.62. The highest BCUT2D eigenvalue weighted by atomic mass is 16.5. The van der Waals surface area contributed by atoms with Crippen LogP contribution in [0.3, 0.4) is 0 Å². The van der Waals surface area contributed by atoms with Gasteiger partial charge in [-0.1, -0.05) is 49.4 Å². The van der Waals surface area contributed by atoms with E-state index in [0.717, 1.165) is 44.8 Å². The predicted molar refractivity (Wildman–Crippen MR) is 115 cm³/mol. The lowest BCUT2D eigenvalue weighted by molar-refractivity contribution is 0.279. The molecule has 4 aromatic rings. The summed E-state index contributed by atoms with van der Waals surface area (Å²) in [6, 6.07) is 16.2. The predicted octanol–water partition coefficient (Wildman–Crippen LogP) is 3.97. The van der Waals surface area contributed by atoms with E-state index in [1.807, 2.05) is 62.4 Å². The number of H-pyrrole nitrogens is 1. The van der Waals surface area contributed by atoms with Gasteiger partial charge in [0.05, 0.1) is 19.4 Å². The molecule has 7 heteroatoms. The first-order valence-electron chi connectivity index (χ1n) is 9.79. The van der Waals surface area contributed by atoms with Crippen LogP contribution in [0, 0.1) is 6.92 Å². The molecule has 30 heavy (non-hydrogen) atoms. The highest BCUT2D eigenvalue weighted by molar-refractivity contribution is 5.86. The van der Waals surface area contributed by atoms with Gasteiger partial charge in [0.1, 0.15) is 5.75 Å². The number of methoxy groups -OCH3 is 1. The Balaban J connectivity index is 2.00. The Kier molecular flexibility index (Phi) is 5.54. The second-order valence-corrected chi connectivity index (χ2v) is 6.92. The summed E-state index contributed by atoms with van der Waals surface area (Å²) >= 11 is 0. The van der Waals surface area contributed by atoms with Gasteiger partial charge in [0.25, 0.3) is 0 Å². The van der Waals surface area contributed by atoms with E-state index in [1.165, 1.54) is 0 Å². The Labute approximate surface area is 174 Å². The first kappa shape index (κ1) is 19.7. The third kappa shape index (κ3) is 3.44. The van der Waals surface area contributed by atoms with Crippen molar-refractivity contribution in [3.8, 4) is 39.4 Å². The number of aryl methyl sites for hydroxylation is 2. The first-order valence-corrected chi connectivity index (χ1v) is 9.79. The minimum atomic E-state index is -0.123. The van der Waals surface area contributed by atoms with Crippen molar-refractivity contribution in [2.45, 2.75) is 26.9 Å². The maximum Gasteiger partial charge on any atom is 0.180 e. The van der Waals surface area contributed by atoms with Crippen molar-refractivity contribution >= 4 is 0 Å². The highest BCUT2D eigenvalue weighted by Crippen LogP contribution is 2.40. The smallest absolute Gasteiger partial charge is 0.180 e. The van der Waals surface area contributed by atoms with Crippen LogP contribution >= 0.6 is 0 Å². The lowest BCUT2D eigenvalue weighted by Gasteiger charge is -2.19. The lowest BCUT2D eigenvalue weighted by Crippen LogP contribution is -2.06. The number of benzene rings is 2. The molecule has 152 valence electrons. The van der Waals surface area contributed by atoms with Crippen molar-refractivity contribution in [3.63, 3.8) is 0 Å². The maximum atomic E-state index is 10.2. The number of nitrogens with zero attached hydrogens (tertiary/aromatic N) is 4. The molecule has 2 aromatic heterocycles. The number of hydrogen-bond acceptors (Lipinski definition) is 6. The molecule has 0 aliphatic heterocycles. The number of aliphatic hydroxyl groups is 1. The zero-order valence-electron chi connectivity index (χ0n) is 17.2. The number of pyridine rings is 1. The summed E-state index contributed by atoms with van der Waals surface area (Å²) in [5.41, 5.74) is 7.10. The van der Waals surface area contributed by atoms with E-state index in [-0.39, 0.29) is 6.61 Å². The average molecular weight is 401 g/mol. The molecule has 2 N–H and O–H groups in total. The van der Waals surface area contributed by atoms with Gasteiger partial charge in [0, 0.05) is 22.4 Å². The summed E-state index contributed by atoms with van der Waals surface area (Å²) < 4.78 is 5.70. The van der Waals surface area contributed by atoms with Gasteiger partial charge in [-0.3, -0.25) is 4.98 Å². The van der Waals surface area contributed by atoms with Crippen LogP contribution in [0.2, 0.25) is 0 Å². The summed E-state index contributed by atoms with van der Waals surface area (Å²) in [4.78, 5) is 4.63. The van der Waals surface area contributed by atoms with Crippen LogP contribution in [-0.4, -0.2) is 37.8 Å². The summed E-state index contributed by atoms with van der Waals surface area (Å²) in [6.07, 6.45) is 0.717. The molecule has 0 bridgehead atoms. The van der Waals surface area contributed by atoms with Crippen LogP contribution in [0.4, 0.5) is 0 Å². The molecule has 7 nitrogen and oxygen atoms in total. The van der Waals surface area contributed by atoms with Crippen molar-refractivity contribution in [1.29, 1.82) is 0 Å². The topological polar surface area (TPSA) is 96.8 Å². The number of aromatic amines is 1. The van der Waals surface area contributed by atoms with E-state index in [1.54, 1.807) is 7.11 Å². The fourth-order valence-electron chi connectivity index (χ4n) is 3.84. The minimum absolute atomic E-state index is 0.123. The quantitative estimate of drug-likeness (QED) is 0.507. The molecule has 0 fully saturated rings. The number of aromatic nitrogens is 5. The third-order valence-electron chi connectivity index (χ3n) is 5.20. The Morgan fingerprint density at radius 1 is 1.03 bits per heavy atom. The van der Waals surface area contributed by atoms with Crippen molar-refractivity contribution in [2.24, 2.45) is 0 Å². The Hall–Kier alpha value is -3.58. The molecule has 0 aliphatic carbocycles. The third-order valence-corrected chi connectivity index (χ3v) is 5.20. The van der Waals surface area contributed by atoms with Crippen molar-refractivity contribution in [1.82, 2.24) is 25.6 Å².